The second-order valence-electron chi connectivity index (χ2n) is 8.63. The van der Waals surface area contributed by atoms with E-state index in [2.05, 4.69) is 59.3 Å². The highest BCUT2D eigenvalue weighted by Crippen LogP contribution is 2.50. The Balaban J connectivity index is 1.57. The van der Waals surface area contributed by atoms with Crippen LogP contribution in [0, 0.1) is 11.8 Å². The number of likely N-dealkylation sites (tertiary alicyclic amines) is 1. The summed E-state index contributed by atoms with van der Waals surface area (Å²) in [6.07, 6.45) is 4.05. The molecule has 1 saturated carbocycles. The molecule has 146 valence electrons. The Morgan fingerprint density at radius 1 is 1.07 bits per heavy atom. The van der Waals surface area contributed by atoms with Gasteiger partial charge in [0.25, 0.3) is 0 Å². The van der Waals surface area contributed by atoms with Crippen molar-refractivity contribution >= 4 is 11.6 Å². The molecule has 1 amide bonds. The number of carbonyl (C=O) groups is 1. The largest absolute Gasteiger partial charge is 0.394 e. The summed E-state index contributed by atoms with van der Waals surface area (Å²) in [6.45, 7) is 0.933. The standard InChI is InChI=1S/C24H28N2O2/c1-25-21-10-9-18(17-5-3-2-4-6-17)14-20(21)24-19(22(25)15-27)11-12-26(24)23(28)13-16-7-8-16/h2-6,9-10,14,16,19,22,24,27H,7-8,11-13,15H2,1H3/t19-,22-,24-/m0/s1. The molecular formula is C24H28N2O2. The van der Waals surface area contributed by atoms with Crippen molar-refractivity contribution in [1.82, 2.24) is 4.90 Å². The fraction of sp³-hybridized carbons (Fsp3) is 0.458. The predicted octanol–water partition coefficient (Wildman–Crippen LogP) is 3.85. The van der Waals surface area contributed by atoms with Crippen molar-refractivity contribution in [2.75, 3.05) is 25.1 Å². The molecule has 2 aromatic rings. The van der Waals surface area contributed by atoms with E-state index in [1.807, 2.05) is 6.07 Å². The topological polar surface area (TPSA) is 43.8 Å². The Bertz CT molecular complexity index is 877. The third-order valence-corrected chi connectivity index (χ3v) is 6.94. The van der Waals surface area contributed by atoms with E-state index in [0.29, 0.717) is 18.2 Å². The molecule has 0 unspecified atom stereocenters. The fourth-order valence-electron chi connectivity index (χ4n) is 5.23. The number of aliphatic hydroxyl groups is 1. The van der Waals surface area contributed by atoms with Gasteiger partial charge in [-0.05, 0) is 54.0 Å². The van der Waals surface area contributed by atoms with Crippen molar-refractivity contribution in [1.29, 1.82) is 0 Å². The van der Waals surface area contributed by atoms with Crippen LogP contribution < -0.4 is 4.90 Å². The number of likely N-dealkylation sites (N-methyl/N-ethyl adjacent to an activating group) is 1. The number of benzene rings is 2. The molecule has 4 heteroatoms. The van der Waals surface area contributed by atoms with Gasteiger partial charge in [0.1, 0.15) is 0 Å². The van der Waals surface area contributed by atoms with E-state index in [1.165, 1.54) is 29.5 Å². The van der Waals surface area contributed by atoms with Crippen molar-refractivity contribution < 1.29 is 9.90 Å². The van der Waals surface area contributed by atoms with Gasteiger partial charge in [0, 0.05) is 31.6 Å². The van der Waals surface area contributed by atoms with Gasteiger partial charge in [0.2, 0.25) is 5.91 Å². The molecule has 5 rings (SSSR count). The summed E-state index contributed by atoms with van der Waals surface area (Å²) in [7, 11) is 2.08. The van der Waals surface area contributed by atoms with Crippen LogP contribution in [-0.2, 0) is 4.79 Å². The monoisotopic (exact) mass is 376 g/mol. The third kappa shape index (κ3) is 2.91. The molecule has 2 aromatic carbocycles. The number of hydrogen-bond donors (Lipinski definition) is 1. The normalized spacial score (nSPS) is 26.1. The maximum absolute atomic E-state index is 13.0. The average molecular weight is 377 g/mol. The van der Waals surface area contributed by atoms with Crippen LogP contribution >= 0.6 is 0 Å². The Morgan fingerprint density at radius 2 is 1.86 bits per heavy atom. The zero-order chi connectivity index (χ0) is 19.3. The van der Waals surface area contributed by atoms with Crippen LogP contribution in [0.25, 0.3) is 11.1 Å². The number of aliphatic hydroxyl groups excluding tert-OH is 1. The van der Waals surface area contributed by atoms with Gasteiger partial charge in [-0.25, -0.2) is 0 Å². The van der Waals surface area contributed by atoms with Gasteiger partial charge in [-0.3, -0.25) is 4.79 Å². The highest BCUT2D eigenvalue weighted by Gasteiger charge is 2.48. The predicted molar refractivity (Wildman–Crippen MR) is 111 cm³/mol. The van der Waals surface area contributed by atoms with Gasteiger partial charge in [0.15, 0.2) is 0 Å². The number of hydrogen-bond acceptors (Lipinski definition) is 3. The quantitative estimate of drug-likeness (QED) is 0.881. The first-order chi connectivity index (χ1) is 13.7. The maximum Gasteiger partial charge on any atom is 0.223 e. The Hall–Kier alpha value is -2.33. The van der Waals surface area contributed by atoms with Gasteiger partial charge in [-0.2, -0.15) is 0 Å². The summed E-state index contributed by atoms with van der Waals surface area (Å²) in [6, 6.07) is 17.2. The van der Waals surface area contributed by atoms with E-state index in [-0.39, 0.29) is 24.6 Å². The molecule has 2 aliphatic heterocycles. The molecule has 0 spiro atoms. The van der Waals surface area contributed by atoms with Gasteiger partial charge in [-0.1, -0.05) is 36.4 Å². The number of fused-ring (bicyclic) bond motifs is 3. The first-order valence-corrected chi connectivity index (χ1v) is 10.5. The smallest absolute Gasteiger partial charge is 0.223 e. The van der Waals surface area contributed by atoms with Crippen LogP contribution in [0.3, 0.4) is 0 Å². The van der Waals surface area contributed by atoms with Crippen LogP contribution in [0.4, 0.5) is 5.69 Å². The molecule has 1 saturated heterocycles. The highest BCUT2D eigenvalue weighted by atomic mass is 16.3. The number of anilines is 1. The molecule has 2 heterocycles. The molecule has 28 heavy (non-hydrogen) atoms. The van der Waals surface area contributed by atoms with Crippen LogP contribution in [-0.4, -0.2) is 42.2 Å². The van der Waals surface area contributed by atoms with Crippen molar-refractivity contribution in [3.8, 4) is 11.1 Å². The Labute approximate surface area is 166 Å². The second kappa shape index (κ2) is 6.93. The number of amides is 1. The molecule has 1 aliphatic carbocycles. The van der Waals surface area contributed by atoms with Crippen LogP contribution in [0.1, 0.15) is 37.3 Å². The summed E-state index contributed by atoms with van der Waals surface area (Å²) in [4.78, 5) is 17.4. The van der Waals surface area contributed by atoms with Crippen LogP contribution in [0.5, 0.6) is 0 Å². The Morgan fingerprint density at radius 3 is 2.57 bits per heavy atom. The lowest BCUT2D eigenvalue weighted by molar-refractivity contribution is -0.133. The van der Waals surface area contributed by atoms with E-state index >= 15 is 0 Å². The molecule has 1 N–H and O–H groups in total. The summed E-state index contributed by atoms with van der Waals surface area (Å²) in [5.74, 6) is 1.19. The summed E-state index contributed by atoms with van der Waals surface area (Å²) >= 11 is 0. The van der Waals surface area contributed by atoms with Gasteiger partial charge in [-0.15, -0.1) is 0 Å². The molecule has 0 bridgehead atoms. The van der Waals surface area contributed by atoms with Gasteiger partial charge in [0.05, 0.1) is 18.7 Å². The van der Waals surface area contributed by atoms with E-state index in [9.17, 15) is 9.90 Å². The van der Waals surface area contributed by atoms with E-state index in [0.717, 1.165) is 18.7 Å². The minimum atomic E-state index is 0.0683. The SMILES string of the molecule is CN1c2ccc(-c3ccccc3)cc2[C@@H]2[C@@H](CCN2C(=O)CC2CC2)[C@@H]1CO. The lowest BCUT2D eigenvalue weighted by Gasteiger charge is -2.44. The zero-order valence-electron chi connectivity index (χ0n) is 16.4. The lowest BCUT2D eigenvalue weighted by atomic mass is 9.81. The molecule has 2 fully saturated rings. The average Bonchev–Trinajstić information content (AvgIpc) is 3.43. The van der Waals surface area contributed by atoms with Crippen molar-refractivity contribution in [2.24, 2.45) is 11.8 Å². The summed E-state index contributed by atoms with van der Waals surface area (Å²) < 4.78 is 0. The number of rotatable bonds is 4. The van der Waals surface area contributed by atoms with Gasteiger partial charge >= 0.3 is 0 Å². The first kappa shape index (κ1) is 17.7. The molecular weight excluding hydrogens is 348 g/mol. The maximum atomic E-state index is 13.0. The molecule has 3 aliphatic rings. The van der Waals surface area contributed by atoms with Crippen molar-refractivity contribution in [2.45, 2.75) is 37.8 Å². The van der Waals surface area contributed by atoms with E-state index in [1.54, 1.807) is 0 Å². The van der Waals surface area contributed by atoms with Crippen molar-refractivity contribution in [3.63, 3.8) is 0 Å². The zero-order valence-corrected chi connectivity index (χ0v) is 16.4. The summed E-state index contributed by atoms with van der Waals surface area (Å²) in [5.41, 5.74) is 4.77. The lowest BCUT2D eigenvalue weighted by Crippen LogP contribution is -2.48. The van der Waals surface area contributed by atoms with Gasteiger partial charge < -0.3 is 14.9 Å². The van der Waals surface area contributed by atoms with Crippen molar-refractivity contribution in [3.05, 3.63) is 54.1 Å². The Kier molecular flexibility index (Phi) is 4.39. The van der Waals surface area contributed by atoms with E-state index in [4.69, 9.17) is 0 Å². The number of carbonyl (C=O) groups excluding carboxylic acids is 1. The van der Waals surface area contributed by atoms with Crippen LogP contribution in [0.15, 0.2) is 48.5 Å². The minimum Gasteiger partial charge on any atom is -0.394 e. The third-order valence-electron chi connectivity index (χ3n) is 6.94. The first-order valence-electron chi connectivity index (χ1n) is 10.5. The highest BCUT2D eigenvalue weighted by molar-refractivity contribution is 5.79. The number of nitrogens with zero attached hydrogens (tertiary/aromatic N) is 2. The molecule has 0 radical (unpaired) electrons. The molecule has 4 nitrogen and oxygen atoms in total. The van der Waals surface area contributed by atoms with E-state index < -0.39 is 0 Å². The molecule has 0 aromatic heterocycles. The van der Waals surface area contributed by atoms with Crippen LogP contribution in [0.2, 0.25) is 0 Å². The molecule has 3 atom stereocenters. The minimum absolute atomic E-state index is 0.0683. The second-order valence-corrected chi connectivity index (χ2v) is 8.63. The summed E-state index contributed by atoms with van der Waals surface area (Å²) in [5, 5.41) is 10.1. The fourth-order valence-corrected chi connectivity index (χ4v) is 5.23.